The van der Waals surface area contributed by atoms with Crippen molar-refractivity contribution >= 4 is 0 Å². The molecule has 3 nitrogen and oxygen atoms in total. The first-order valence-corrected chi connectivity index (χ1v) is 7.57. The molecule has 3 heteroatoms. The quantitative estimate of drug-likeness (QED) is 0.737. The standard InChI is InChI=1S/C17H28O3/c1-7-11(2)8-12(3)9-13(4)15-10-16(19-6)14(5)17(18)20-15/h10-13H,7-9H2,1-6H3. The number of rotatable bonds is 7. The maximum atomic E-state index is 11.8. The minimum Gasteiger partial charge on any atom is -0.496 e. The highest BCUT2D eigenvalue weighted by atomic mass is 16.5. The third-order valence-corrected chi connectivity index (χ3v) is 4.12. The Labute approximate surface area is 122 Å². The van der Waals surface area contributed by atoms with Crippen molar-refractivity contribution in [3.63, 3.8) is 0 Å². The molecule has 1 aromatic rings. The molecule has 0 spiro atoms. The Balaban J connectivity index is 2.80. The summed E-state index contributed by atoms with van der Waals surface area (Å²) in [4.78, 5) is 11.8. The molecule has 0 amide bonds. The summed E-state index contributed by atoms with van der Waals surface area (Å²) in [6.07, 6.45) is 3.46. The van der Waals surface area contributed by atoms with E-state index in [4.69, 9.17) is 9.15 Å². The maximum absolute atomic E-state index is 11.8. The number of hydrogen-bond acceptors (Lipinski definition) is 3. The van der Waals surface area contributed by atoms with Crippen LogP contribution >= 0.6 is 0 Å². The van der Waals surface area contributed by atoms with Gasteiger partial charge in [-0.25, -0.2) is 4.79 Å². The smallest absolute Gasteiger partial charge is 0.342 e. The van der Waals surface area contributed by atoms with Gasteiger partial charge >= 0.3 is 5.63 Å². The van der Waals surface area contributed by atoms with Crippen LogP contribution in [0, 0.1) is 18.8 Å². The second-order valence-corrected chi connectivity index (χ2v) is 6.12. The van der Waals surface area contributed by atoms with Gasteiger partial charge in [0, 0.05) is 12.0 Å². The van der Waals surface area contributed by atoms with Crippen LogP contribution in [0.3, 0.4) is 0 Å². The molecule has 0 aliphatic heterocycles. The highest BCUT2D eigenvalue weighted by molar-refractivity contribution is 5.31. The Hall–Kier alpha value is -1.25. The summed E-state index contributed by atoms with van der Waals surface area (Å²) < 4.78 is 10.7. The molecule has 0 saturated carbocycles. The number of ether oxygens (including phenoxy) is 1. The molecular formula is C17H28O3. The van der Waals surface area contributed by atoms with Gasteiger partial charge in [0.2, 0.25) is 0 Å². The van der Waals surface area contributed by atoms with E-state index in [2.05, 4.69) is 27.7 Å². The van der Waals surface area contributed by atoms with E-state index in [-0.39, 0.29) is 11.5 Å². The van der Waals surface area contributed by atoms with Crippen LogP contribution in [-0.4, -0.2) is 7.11 Å². The molecular weight excluding hydrogens is 252 g/mol. The van der Waals surface area contributed by atoms with Crippen molar-refractivity contribution in [1.29, 1.82) is 0 Å². The topological polar surface area (TPSA) is 39.4 Å². The molecule has 1 rings (SSSR count). The molecule has 3 unspecified atom stereocenters. The molecule has 0 aromatic carbocycles. The first-order chi connectivity index (χ1) is 9.38. The lowest BCUT2D eigenvalue weighted by atomic mass is 9.87. The second kappa shape index (κ2) is 7.51. The second-order valence-electron chi connectivity index (χ2n) is 6.12. The van der Waals surface area contributed by atoms with Crippen molar-refractivity contribution < 1.29 is 9.15 Å². The Morgan fingerprint density at radius 2 is 1.85 bits per heavy atom. The average Bonchev–Trinajstić information content (AvgIpc) is 2.41. The van der Waals surface area contributed by atoms with E-state index < -0.39 is 0 Å². The van der Waals surface area contributed by atoms with E-state index in [0.29, 0.717) is 17.2 Å². The lowest BCUT2D eigenvalue weighted by molar-refractivity contribution is 0.333. The van der Waals surface area contributed by atoms with Crippen LogP contribution in [0.4, 0.5) is 0 Å². The fourth-order valence-corrected chi connectivity index (χ4v) is 2.68. The molecule has 0 N–H and O–H groups in total. The largest absolute Gasteiger partial charge is 0.496 e. The van der Waals surface area contributed by atoms with Gasteiger partial charge in [-0.3, -0.25) is 0 Å². The fourth-order valence-electron chi connectivity index (χ4n) is 2.68. The molecule has 0 aliphatic rings. The van der Waals surface area contributed by atoms with Gasteiger partial charge < -0.3 is 9.15 Å². The Kier molecular flexibility index (Phi) is 6.31. The first kappa shape index (κ1) is 16.8. The molecule has 114 valence electrons. The van der Waals surface area contributed by atoms with Gasteiger partial charge in [-0.15, -0.1) is 0 Å². The van der Waals surface area contributed by atoms with Crippen LogP contribution < -0.4 is 10.4 Å². The highest BCUT2D eigenvalue weighted by Gasteiger charge is 2.17. The molecule has 0 bridgehead atoms. The summed E-state index contributed by atoms with van der Waals surface area (Å²) >= 11 is 0. The molecule has 1 heterocycles. The van der Waals surface area contributed by atoms with Crippen molar-refractivity contribution in [2.75, 3.05) is 7.11 Å². The van der Waals surface area contributed by atoms with Gasteiger partial charge in [0.25, 0.3) is 0 Å². The van der Waals surface area contributed by atoms with Gasteiger partial charge in [0.05, 0.1) is 12.7 Å². The predicted octanol–water partition coefficient (Wildman–Crippen LogP) is 4.52. The number of methoxy groups -OCH3 is 1. The molecule has 1 aromatic heterocycles. The van der Waals surface area contributed by atoms with E-state index in [9.17, 15) is 4.79 Å². The van der Waals surface area contributed by atoms with Crippen LogP contribution in [0.25, 0.3) is 0 Å². The van der Waals surface area contributed by atoms with Crippen molar-refractivity contribution in [1.82, 2.24) is 0 Å². The zero-order valence-corrected chi connectivity index (χ0v) is 13.7. The van der Waals surface area contributed by atoms with Crippen molar-refractivity contribution in [3.8, 4) is 5.75 Å². The van der Waals surface area contributed by atoms with Crippen LogP contribution in [0.2, 0.25) is 0 Å². The molecule has 0 fully saturated rings. The van der Waals surface area contributed by atoms with Gasteiger partial charge in [0.1, 0.15) is 11.5 Å². The zero-order valence-electron chi connectivity index (χ0n) is 13.7. The SMILES string of the molecule is CCC(C)CC(C)CC(C)c1cc(OC)c(C)c(=O)o1. The van der Waals surface area contributed by atoms with E-state index >= 15 is 0 Å². The minimum absolute atomic E-state index is 0.233. The molecule has 3 atom stereocenters. The third kappa shape index (κ3) is 4.39. The first-order valence-electron chi connectivity index (χ1n) is 7.57. The van der Waals surface area contributed by atoms with Gasteiger partial charge in [-0.05, 0) is 31.6 Å². The van der Waals surface area contributed by atoms with Gasteiger partial charge in [0.15, 0.2) is 0 Å². The van der Waals surface area contributed by atoms with E-state index in [0.717, 1.165) is 18.1 Å². The van der Waals surface area contributed by atoms with Crippen LogP contribution in [-0.2, 0) is 0 Å². The summed E-state index contributed by atoms with van der Waals surface area (Å²) in [5.74, 6) is 2.96. The highest BCUT2D eigenvalue weighted by Crippen LogP contribution is 2.29. The number of hydrogen-bond donors (Lipinski definition) is 0. The molecule has 0 radical (unpaired) electrons. The van der Waals surface area contributed by atoms with Crippen molar-refractivity contribution in [2.45, 2.75) is 59.8 Å². The van der Waals surface area contributed by atoms with Crippen molar-refractivity contribution in [3.05, 3.63) is 27.8 Å². The Morgan fingerprint density at radius 1 is 1.20 bits per heavy atom. The predicted molar refractivity (Wildman–Crippen MR) is 82.5 cm³/mol. The summed E-state index contributed by atoms with van der Waals surface area (Å²) in [6.45, 7) is 10.6. The summed E-state index contributed by atoms with van der Waals surface area (Å²) in [6, 6.07) is 1.86. The Morgan fingerprint density at radius 3 is 2.40 bits per heavy atom. The average molecular weight is 280 g/mol. The lowest BCUT2D eigenvalue weighted by Gasteiger charge is -2.19. The Bertz CT molecular complexity index is 476. The van der Waals surface area contributed by atoms with Crippen molar-refractivity contribution in [2.24, 2.45) is 11.8 Å². The van der Waals surface area contributed by atoms with E-state index in [1.54, 1.807) is 14.0 Å². The monoisotopic (exact) mass is 280 g/mol. The molecule has 0 aliphatic carbocycles. The van der Waals surface area contributed by atoms with Crippen LogP contribution in [0.1, 0.15) is 64.2 Å². The van der Waals surface area contributed by atoms with E-state index in [1.807, 2.05) is 6.07 Å². The fraction of sp³-hybridized carbons (Fsp3) is 0.706. The summed E-state index contributed by atoms with van der Waals surface area (Å²) in [7, 11) is 1.59. The summed E-state index contributed by atoms with van der Waals surface area (Å²) in [5, 5.41) is 0. The van der Waals surface area contributed by atoms with E-state index in [1.165, 1.54) is 12.8 Å². The summed E-state index contributed by atoms with van der Waals surface area (Å²) in [5.41, 5.74) is 0.247. The van der Waals surface area contributed by atoms with Crippen LogP contribution in [0.15, 0.2) is 15.3 Å². The molecule has 0 saturated heterocycles. The minimum atomic E-state index is -0.291. The zero-order chi connectivity index (χ0) is 15.3. The normalized spacial score (nSPS) is 15.7. The van der Waals surface area contributed by atoms with Crippen LogP contribution in [0.5, 0.6) is 5.75 Å². The maximum Gasteiger partial charge on any atom is 0.342 e. The lowest BCUT2D eigenvalue weighted by Crippen LogP contribution is -2.11. The third-order valence-electron chi connectivity index (χ3n) is 4.12. The van der Waals surface area contributed by atoms with Gasteiger partial charge in [-0.1, -0.05) is 34.1 Å². The molecule has 20 heavy (non-hydrogen) atoms. The van der Waals surface area contributed by atoms with Gasteiger partial charge in [-0.2, -0.15) is 0 Å².